The maximum Gasteiger partial charge on any atom is 0.221 e. The molecule has 0 radical (unpaired) electrons. The van der Waals surface area contributed by atoms with Gasteiger partial charge in [0, 0.05) is 30.4 Å². The molecule has 0 N–H and O–H groups in total. The SMILES string of the molecule is c1ccc(S(c2ccccc2)(c2ccccc2)c2ccccc2-c2cccc(-c3cc(-n4c5ccccc5c5ccccc54)nc(-n4c5ccccc5n5c6ccccc6nc45)c3)c2)cc1. The van der Waals surface area contributed by atoms with Gasteiger partial charge in [-0.2, -0.15) is 0 Å². The second-order valence-electron chi connectivity index (χ2n) is 16.6. The average Bonchev–Trinajstić information content (AvgIpc) is 4.05. The van der Waals surface area contributed by atoms with Gasteiger partial charge in [0.05, 0.1) is 33.1 Å². The summed E-state index contributed by atoms with van der Waals surface area (Å²) in [6, 6.07) is 90.1. The van der Waals surface area contributed by atoms with Gasteiger partial charge in [-0.3, -0.25) is 13.5 Å². The Morgan fingerprint density at radius 2 is 0.803 bits per heavy atom. The molecule has 0 saturated heterocycles. The molecule has 4 heterocycles. The Labute approximate surface area is 383 Å². The van der Waals surface area contributed by atoms with Gasteiger partial charge in [-0.05, 0) is 119 Å². The standard InChI is InChI=1S/C60H41N5S/c1-4-23-45(24-5-1)66(46-25-6-2-7-26-46,47-27-8-3-9-28-47)57-38-19-12-29-48(57)43-22-20-21-42(39-43)44-40-58(63-52-33-14-10-30-49(52)50-31-11-15-34-53(50)63)62-59(41-44)65-56-37-18-17-36-55(56)64-54-35-16-13-32-51(54)61-60(64)65/h1-41H. The molecule has 0 aliphatic carbocycles. The molecule has 0 aliphatic heterocycles. The van der Waals surface area contributed by atoms with E-state index in [4.69, 9.17) is 9.97 Å². The first-order valence-electron chi connectivity index (χ1n) is 22.3. The van der Waals surface area contributed by atoms with E-state index in [-0.39, 0.29) is 0 Å². The van der Waals surface area contributed by atoms with E-state index in [2.05, 4.69) is 262 Å². The highest BCUT2D eigenvalue weighted by molar-refractivity contribution is 8.34. The number of imidazole rings is 2. The maximum atomic E-state index is 5.62. The summed E-state index contributed by atoms with van der Waals surface area (Å²) in [5.74, 6) is 2.44. The van der Waals surface area contributed by atoms with Crippen LogP contribution in [-0.4, -0.2) is 23.5 Å². The van der Waals surface area contributed by atoms with Crippen LogP contribution in [0.2, 0.25) is 0 Å². The van der Waals surface area contributed by atoms with Gasteiger partial charge >= 0.3 is 0 Å². The van der Waals surface area contributed by atoms with Crippen LogP contribution in [0.5, 0.6) is 0 Å². The van der Waals surface area contributed by atoms with Crippen LogP contribution in [0.15, 0.2) is 268 Å². The highest BCUT2D eigenvalue weighted by atomic mass is 32.3. The molecule has 312 valence electrons. The van der Waals surface area contributed by atoms with Gasteiger partial charge in [-0.15, -0.1) is 10.0 Å². The zero-order valence-electron chi connectivity index (χ0n) is 35.8. The van der Waals surface area contributed by atoms with E-state index in [0.29, 0.717) is 0 Å². The van der Waals surface area contributed by atoms with Gasteiger partial charge < -0.3 is 0 Å². The largest absolute Gasteiger partial charge is 0.294 e. The van der Waals surface area contributed by atoms with Crippen molar-refractivity contribution in [3.63, 3.8) is 0 Å². The van der Waals surface area contributed by atoms with Crippen LogP contribution < -0.4 is 0 Å². The Balaban J connectivity index is 1.08. The molecule has 0 amide bonds. The molecule has 13 rings (SSSR count). The van der Waals surface area contributed by atoms with Crippen LogP contribution in [0.1, 0.15) is 0 Å². The summed E-state index contributed by atoms with van der Waals surface area (Å²) >= 11 is 0. The Morgan fingerprint density at radius 1 is 0.318 bits per heavy atom. The fourth-order valence-electron chi connectivity index (χ4n) is 10.1. The lowest BCUT2D eigenvalue weighted by molar-refractivity contribution is 0.997. The molecule has 0 atom stereocenters. The summed E-state index contributed by atoms with van der Waals surface area (Å²) in [6.45, 7) is 0. The molecule has 0 fully saturated rings. The van der Waals surface area contributed by atoms with Crippen molar-refractivity contribution in [2.45, 2.75) is 19.6 Å². The van der Waals surface area contributed by atoms with E-state index >= 15 is 0 Å². The van der Waals surface area contributed by atoms with E-state index < -0.39 is 10.0 Å². The second-order valence-corrected chi connectivity index (χ2v) is 19.7. The molecule has 0 spiro atoms. The minimum atomic E-state index is -1.96. The first-order valence-corrected chi connectivity index (χ1v) is 24.0. The minimum absolute atomic E-state index is 0.789. The lowest BCUT2D eigenvalue weighted by Gasteiger charge is -2.43. The third-order valence-electron chi connectivity index (χ3n) is 13.0. The molecule has 4 aromatic heterocycles. The lowest BCUT2D eigenvalue weighted by Crippen LogP contribution is -2.06. The van der Waals surface area contributed by atoms with Crippen molar-refractivity contribution in [3.05, 3.63) is 249 Å². The summed E-state index contributed by atoms with van der Waals surface area (Å²) < 4.78 is 6.81. The van der Waals surface area contributed by atoms with Crippen LogP contribution in [-0.2, 0) is 0 Å². The monoisotopic (exact) mass is 863 g/mol. The molecule has 6 heteroatoms. The van der Waals surface area contributed by atoms with Crippen molar-refractivity contribution >= 4 is 59.7 Å². The molecule has 0 bridgehead atoms. The minimum Gasteiger partial charge on any atom is -0.294 e. The van der Waals surface area contributed by atoms with Gasteiger partial charge in [0.25, 0.3) is 0 Å². The van der Waals surface area contributed by atoms with Gasteiger partial charge in [0.1, 0.15) is 11.6 Å². The fraction of sp³-hybridized carbons (Fsp3) is 0. The molecule has 13 aromatic rings. The maximum absolute atomic E-state index is 5.62. The Bertz CT molecular complexity index is 3790. The Kier molecular flexibility index (Phi) is 8.86. The van der Waals surface area contributed by atoms with Crippen molar-refractivity contribution in [1.82, 2.24) is 23.5 Å². The van der Waals surface area contributed by atoms with Crippen LogP contribution in [0.4, 0.5) is 0 Å². The van der Waals surface area contributed by atoms with Gasteiger partial charge in [-0.1, -0.05) is 152 Å². The number of hydrogen-bond acceptors (Lipinski definition) is 2. The molecule has 66 heavy (non-hydrogen) atoms. The zero-order valence-corrected chi connectivity index (χ0v) is 36.6. The van der Waals surface area contributed by atoms with E-state index in [0.717, 1.165) is 67.2 Å². The normalized spacial score (nSPS) is 12.2. The summed E-state index contributed by atoms with van der Waals surface area (Å²) in [5, 5.41) is 2.38. The number of fused-ring (bicyclic) bond motifs is 8. The number of rotatable bonds is 8. The predicted octanol–water partition coefficient (Wildman–Crippen LogP) is 15.6. The number of aromatic nitrogens is 5. The number of nitrogens with zero attached hydrogens (tertiary/aromatic N) is 5. The molecular weight excluding hydrogens is 823 g/mol. The molecule has 5 nitrogen and oxygen atoms in total. The third-order valence-corrected chi connectivity index (χ3v) is 16.9. The van der Waals surface area contributed by atoms with Crippen molar-refractivity contribution < 1.29 is 0 Å². The smallest absolute Gasteiger partial charge is 0.221 e. The molecule has 0 unspecified atom stereocenters. The summed E-state index contributed by atoms with van der Waals surface area (Å²) in [4.78, 5) is 16.0. The van der Waals surface area contributed by atoms with Gasteiger partial charge in [-0.25, -0.2) is 9.97 Å². The number of pyridine rings is 1. The number of benzene rings is 9. The second kappa shape index (κ2) is 15.4. The molecule has 9 aromatic carbocycles. The van der Waals surface area contributed by atoms with E-state index in [1.807, 2.05) is 0 Å². The van der Waals surface area contributed by atoms with E-state index in [9.17, 15) is 0 Å². The number of hydrogen-bond donors (Lipinski definition) is 0. The Morgan fingerprint density at radius 3 is 1.44 bits per heavy atom. The summed E-state index contributed by atoms with van der Waals surface area (Å²) in [6.07, 6.45) is 0. The van der Waals surface area contributed by atoms with Crippen molar-refractivity contribution in [2.24, 2.45) is 0 Å². The van der Waals surface area contributed by atoms with E-state index in [1.54, 1.807) is 0 Å². The molecule has 0 aliphatic rings. The third kappa shape index (κ3) is 5.82. The summed E-state index contributed by atoms with van der Waals surface area (Å²) in [5.41, 5.74) is 10.8. The van der Waals surface area contributed by atoms with Crippen LogP contribution in [0, 0.1) is 0 Å². The quantitative estimate of drug-likeness (QED) is 0.153. The molecular formula is C60H41N5S. The highest BCUT2D eigenvalue weighted by Gasteiger charge is 2.35. The first kappa shape index (κ1) is 38.0. The summed E-state index contributed by atoms with van der Waals surface area (Å²) in [7, 11) is -1.96. The first-order chi connectivity index (χ1) is 32.8. The fourth-order valence-corrected chi connectivity index (χ4v) is 14.2. The average molecular weight is 864 g/mol. The van der Waals surface area contributed by atoms with Gasteiger partial charge in [0.15, 0.2) is 0 Å². The number of para-hydroxylation sites is 6. The van der Waals surface area contributed by atoms with E-state index in [1.165, 1.54) is 35.9 Å². The van der Waals surface area contributed by atoms with Crippen LogP contribution in [0.25, 0.3) is 83.5 Å². The lowest BCUT2D eigenvalue weighted by atomic mass is 9.99. The van der Waals surface area contributed by atoms with Crippen molar-refractivity contribution in [1.29, 1.82) is 0 Å². The predicted molar refractivity (Wildman–Crippen MR) is 273 cm³/mol. The zero-order chi connectivity index (χ0) is 43.6. The van der Waals surface area contributed by atoms with Gasteiger partial charge in [0.2, 0.25) is 5.78 Å². The van der Waals surface area contributed by atoms with Crippen molar-refractivity contribution in [2.75, 3.05) is 0 Å². The molecule has 0 saturated carbocycles. The Hall–Kier alpha value is -8.45. The van der Waals surface area contributed by atoms with Crippen LogP contribution in [0.3, 0.4) is 0 Å². The highest BCUT2D eigenvalue weighted by Crippen LogP contribution is 2.74. The van der Waals surface area contributed by atoms with Crippen LogP contribution >= 0.6 is 10.0 Å². The topological polar surface area (TPSA) is 40.0 Å². The van der Waals surface area contributed by atoms with Crippen molar-refractivity contribution in [3.8, 4) is 33.9 Å².